The van der Waals surface area contributed by atoms with Crippen molar-refractivity contribution >= 4 is 23.7 Å². The number of primary amides is 1. The second-order valence-electron chi connectivity index (χ2n) is 7.22. The molecule has 1 aliphatic rings. The number of fused-ring (bicyclic) bond motifs is 1. The third-order valence-electron chi connectivity index (χ3n) is 4.67. The number of allylic oxidation sites excluding steroid dienone is 2. The monoisotopic (exact) mass is 404 g/mol. The van der Waals surface area contributed by atoms with Gasteiger partial charge in [-0.3, -0.25) is 4.79 Å². The summed E-state index contributed by atoms with van der Waals surface area (Å²) in [7, 11) is 1.53. The molecule has 0 fully saturated rings. The van der Waals surface area contributed by atoms with Crippen LogP contribution in [-0.2, 0) is 27.3 Å². The molecule has 158 valence electrons. The van der Waals surface area contributed by atoms with Crippen molar-refractivity contribution in [1.29, 1.82) is 0 Å². The summed E-state index contributed by atoms with van der Waals surface area (Å²) in [6.45, 7) is 7.49. The van der Waals surface area contributed by atoms with Crippen LogP contribution in [0.4, 0.5) is 10.5 Å². The van der Waals surface area contributed by atoms with E-state index in [4.69, 9.17) is 19.9 Å². The number of ether oxygens (including phenoxy) is 3. The molecular weight excluding hydrogens is 376 g/mol. The summed E-state index contributed by atoms with van der Waals surface area (Å²) in [5.74, 6) is -0.195. The molecule has 0 unspecified atom stereocenters. The van der Waals surface area contributed by atoms with Gasteiger partial charge in [0.05, 0.1) is 24.5 Å². The molecule has 1 aromatic carbocycles. The highest BCUT2D eigenvalue weighted by Crippen LogP contribution is 2.41. The van der Waals surface area contributed by atoms with E-state index in [0.717, 1.165) is 11.1 Å². The Bertz CT molecular complexity index is 857. The Labute approximate surface area is 170 Å². The molecule has 8 heteroatoms. The van der Waals surface area contributed by atoms with Gasteiger partial charge in [-0.1, -0.05) is 11.6 Å². The Morgan fingerprint density at radius 1 is 1.31 bits per heavy atom. The SMILES string of the molecule is COc1c(C)c2c(c(NC(N)=O)c1CC=C(C)CCC(=O)OC(C)C)C(=O)OC2. The highest BCUT2D eigenvalue weighted by atomic mass is 16.5. The Kier molecular flexibility index (Phi) is 7.25. The molecule has 0 saturated heterocycles. The summed E-state index contributed by atoms with van der Waals surface area (Å²) in [5.41, 5.74) is 9.01. The number of methoxy groups -OCH3 is 1. The molecule has 3 N–H and O–H groups in total. The Morgan fingerprint density at radius 3 is 2.59 bits per heavy atom. The van der Waals surface area contributed by atoms with Crippen LogP contribution in [0.2, 0.25) is 0 Å². The fourth-order valence-electron chi connectivity index (χ4n) is 3.31. The lowest BCUT2D eigenvalue weighted by Crippen LogP contribution is -2.22. The molecule has 0 atom stereocenters. The number of amides is 2. The Balaban J connectivity index is 2.34. The van der Waals surface area contributed by atoms with Crippen LogP contribution in [0.15, 0.2) is 11.6 Å². The van der Waals surface area contributed by atoms with Crippen molar-refractivity contribution < 1.29 is 28.6 Å². The molecule has 0 spiro atoms. The quantitative estimate of drug-likeness (QED) is 0.507. The van der Waals surface area contributed by atoms with Gasteiger partial charge < -0.3 is 25.3 Å². The van der Waals surface area contributed by atoms with Crippen molar-refractivity contribution in [2.45, 2.75) is 59.7 Å². The minimum absolute atomic E-state index is 0.122. The van der Waals surface area contributed by atoms with Crippen LogP contribution in [0.25, 0.3) is 0 Å². The topological polar surface area (TPSA) is 117 Å². The van der Waals surface area contributed by atoms with Gasteiger partial charge in [0.15, 0.2) is 0 Å². The first-order chi connectivity index (χ1) is 13.6. The van der Waals surface area contributed by atoms with Gasteiger partial charge >= 0.3 is 18.0 Å². The van der Waals surface area contributed by atoms with Crippen molar-refractivity contribution in [3.05, 3.63) is 33.9 Å². The number of hydrogen-bond donors (Lipinski definition) is 2. The zero-order valence-electron chi connectivity index (χ0n) is 17.5. The number of cyclic esters (lactones) is 1. The number of benzene rings is 1. The number of urea groups is 1. The number of carbonyl (C=O) groups is 3. The molecule has 0 bridgehead atoms. The predicted octanol–water partition coefficient (Wildman–Crippen LogP) is 3.39. The molecule has 0 aromatic heterocycles. The van der Waals surface area contributed by atoms with Gasteiger partial charge in [-0.05, 0) is 46.1 Å². The lowest BCUT2D eigenvalue weighted by atomic mass is 9.93. The van der Waals surface area contributed by atoms with Crippen LogP contribution in [-0.4, -0.2) is 31.2 Å². The lowest BCUT2D eigenvalue weighted by molar-refractivity contribution is -0.147. The van der Waals surface area contributed by atoms with E-state index in [9.17, 15) is 14.4 Å². The number of nitrogens with two attached hydrogens (primary N) is 1. The van der Waals surface area contributed by atoms with Crippen LogP contribution < -0.4 is 15.8 Å². The maximum atomic E-state index is 12.3. The van der Waals surface area contributed by atoms with E-state index >= 15 is 0 Å². The molecule has 2 amide bonds. The van der Waals surface area contributed by atoms with Gasteiger partial charge in [0.1, 0.15) is 12.4 Å². The summed E-state index contributed by atoms with van der Waals surface area (Å²) in [6, 6.07) is -0.781. The number of hydrogen-bond acceptors (Lipinski definition) is 6. The van der Waals surface area contributed by atoms with E-state index in [1.165, 1.54) is 7.11 Å². The van der Waals surface area contributed by atoms with E-state index in [0.29, 0.717) is 41.0 Å². The van der Waals surface area contributed by atoms with Crippen LogP contribution in [0.5, 0.6) is 5.75 Å². The van der Waals surface area contributed by atoms with Gasteiger partial charge in [-0.2, -0.15) is 0 Å². The normalized spacial score (nSPS) is 13.2. The largest absolute Gasteiger partial charge is 0.496 e. The number of rotatable bonds is 8. The second-order valence-corrected chi connectivity index (χ2v) is 7.22. The van der Waals surface area contributed by atoms with Crippen molar-refractivity contribution in [3.63, 3.8) is 0 Å². The van der Waals surface area contributed by atoms with Gasteiger partial charge in [-0.25, -0.2) is 9.59 Å². The molecule has 29 heavy (non-hydrogen) atoms. The van der Waals surface area contributed by atoms with E-state index in [2.05, 4.69) is 5.32 Å². The Morgan fingerprint density at radius 2 is 2.00 bits per heavy atom. The van der Waals surface area contributed by atoms with Crippen molar-refractivity contribution in [2.75, 3.05) is 12.4 Å². The van der Waals surface area contributed by atoms with Crippen molar-refractivity contribution in [2.24, 2.45) is 5.73 Å². The van der Waals surface area contributed by atoms with E-state index in [-0.39, 0.29) is 25.1 Å². The van der Waals surface area contributed by atoms with E-state index in [1.54, 1.807) is 13.8 Å². The van der Waals surface area contributed by atoms with Gasteiger partial charge in [0, 0.05) is 17.5 Å². The van der Waals surface area contributed by atoms with Crippen LogP contribution >= 0.6 is 0 Å². The minimum Gasteiger partial charge on any atom is -0.496 e. The summed E-state index contributed by atoms with van der Waals surface area (Å²) < 4.78 is 15.9. The van der Waals surface area contributed by atoms with Gasteiger partial charge in [0.2, 0.25) is 0 Å². The number of esters is 2. The predicted molar refractivity (Wildman–Crippen MR) is 108 cm³/mol. The van der Waals surface area contributed by atoms with Gasteiger partial charge in [-0.15, -0.1) is 0 Å². The van der Waals surface area contributed by atoms with E-state index < -0.39 is 12.0 Å². The van der Waals surface area contributed by atoms with Crippen LogP contribution in [0.1, 0.15) is 60.7 Å². The molecule has 1 heterocycles. The molecule has 2 rings (SSSR count). The number of anilines is 1. The summed E-state index contributed by atoms with van der Waals surface area (Å²) in [4.78, 5) is 35.6. The highest BCUT2D eigenvalue weighted by molar-refractivity contribution is 6.05. The standard InChI is InChI=1S/C21H28N2O6/c1-11(2)29-16(24)9-7-12(3)6-8-14-18(23-21(22)26)17-15(10-28-20(17)25)13(4)19(14)27-5/h6,11H,7-10H2,1-5H3,(H3,22,23,26). The zero-order valence-corrected chi connectivity index (χ0v) is 17.5. The van der Waals surface area contributed by atoms with Crippen LogP contribution in [0.3, 0.4) is 0 Å². The summed E-state index contributed by atoms with van der Waals surface area (Å²) >= 11 is 0. The second kappa shape index (κ2) is 9.45. The van der Waals surface area contributed by atoms with E-state index in [1.807, 2.05) is 19.9 Å². The molecule has 8 nitrogen and oxygen atoms in total. The molecule has 0 saturated carbocycles. The molecular formula is C21H28N2O6. The summed E-state index contributed by atoms with van der Waals surface area (Å²) in [5, 5.41) is 2.56. The maximum Gasteiger partial charge on any atom is 0.341 e. The average Bonchev–Trinajstić information content (AvgIpc) is 3.02. The lowest BCUT2D eigenvalue weighted by Gasteiger charge is -2.19. The molecule has 0 radical (unpaired) electrons. The average molecular weight is 404 g/mol. The fraction of sp³-hybridized carbons (Fsp3) is 0.476. The number of carbonyl (C=O) groups excluding carboxylic acids is 3. The highest BCUT2D eigenvalue weighted by Gasteiger charge is 2.32. The smallest absolute Gasteiger partial charge is 0.341 e. The molecule has 0 aliphatic carbocycles. The number of nitrogens with one attached hydrogen (secondary N) is 1. The first-order valence-electron chi connectivity index (χ1n) is 9.46. The Hall–Kier alpha value is -3.03. The van der Waals surface area contributed by atoms with Crippen molar-refractivity contribution in [1.82, 2.24) is 0 Å². The molecule has 1 aromatic rings. The summed E-state index contributed by atoms with van der Waals surface area (Å²) in [6.07, 6.45) is 2.98. The third-order valence-corrected chi connectivity index (χ3v) is 4.67. The third kappa shape index (κ3) is 5.28. The maximum absolute atomic E-state index is 12.3. The first kappa shape index (κ1) is 22.3. The zero-order chi connectivity index (χ0) is 21.7. The van der Waals surface area contributed by atoms with Crippen molar-refractivity contribution in [3.8, 4) is 5.75 Å². The fourth-order valence-corrected chi connectivity index (χ4v) is 3.31. The van der Waals surface area contributed by atoms with Gasteiger partial charge in [0.25, 0.3) is 0 Å². The molecule has 1 aliphatic heterocycles. The minimum atomic E-state index is -0.781. The van der Waals surface area contributed by atoms with Crippen LogP contribution in [0, 0.1) is 6.92 Å². The first-order valence-corrected chi connectivity index (χ1v) is 9.46.